The van der Waals surface area contributed by atoms with E-state index in [-0.39, 0.29) is 5.97 Å². The molecule has 1 heterocycles. The fourth-order valence-corrected chi connectivity index (χ4v) is 2.25. The van der Waals surface area contributed by atoms with Gasteiger partial charge in [0.05, 0.1) is 12.8 Å². The first-order chi connectivity index (χ1) is 9.39. The van der Waals surface area contributed by atoms with Crippen LogP contribution in [0.1, 0.15) is 30.4 Å². The Labute approximate surface area is 122 Å². The molecule has 2 rings (SSSR count). The Bertz CT molecular complexity index is 614. The third kappa shape index (κ3) is 3.57. The number of aromatic nitrogens is 1. The van der Waals surface area contributed by atoms with Crippen LogP contribution in [-0.2, 0) is 4.74 Å². The number of nitrogens with zero attached hydrogens (tertiary/aromatic N) is 1. The Hall–Kier alpha value is -1.88. The summed E-state index contributed by atoms with van der Waals surface area (Å²) in [5.74, 6) is 0.415. The lowest BCUT2D eigenvalue weighted by atomic mass is 10.1. The summed E-state index contributed by atoms with van der Waals surface area (Å²) in [4.78, 5) is 12.4. The average Bonchev–Trinajstić information content (AvgIpc) is 2.86. The van der Waals surface area contributed by atoms with E-state index >= 15 is 0 Å². The second-order valence-corrected chi connectivity index (χ2v) is 6.12. The maximum atomic E-state index is 12.0. The Balaban J connectivity index is 2.22. The van der Waals surface area contributed by atoms with Crippen LogP contribution in [0.5, 0.6) is 5.75 Å². The molecule has 0 atom stereocenters. The van der Waals surface area contributed by atoms with Crippen molar-refractivity contribution >= 4 is 17.5 Å². The van der Waals surface area contributed by atoms with E-state index in [0.717, 1.165) is 28.5 Å². The van der Waals surface area contributed by atoms with Crippen LogP contribution >= 0.6 is 11.5 Å². The van der Waals surface area contributed by atoms with Gasteiger partial charge in [-0.05, 0) is 50.5 Å². The van der Waals surface area contributed by atoms with Crippen molar-refractivity contribution in [2.24, 2.45) is 0 Å². The quantitative estimate of drug-likeness (QED) is 0.808. The van der Waals surface area contributed by atoms with E-state index < -0.39 is 5.60 Å². The summed E-state index contributed by atoms with van der Waals surface area (Å²) >= 11 is 1.14. The van der Waals surface area contributed by atoms with Crippen LogP contribution in [-0.4, -0.2) is 23.1 Å². The molecule has 2 aromatic rings. The number of rotatable bonds is 3. The van der Waals surface area contributed by atoms with Gasteiger partial charge in [-0.15, -0.1) is 0 Å². The van der Waals surface area contributed by atoms with Crippen LogP contribution in [0.25, 0.3) is 11.3 Å². The topological polar surface area (TPSA) is 48.4 Å². The number of carbonyl (C=O) groups excluding carboxylic acids is 1. The van der Waals surface area contributed by atoms with Gasteiger partial charge in [-0.3, -0.25) is 0 Å². The fraction of sp³-hybridized carbons (Fsp3) is 0.333. The van der Waals surface area contributed by atoms with E-state index in [2.05, 4.69) is 4.37 Å². The lowest BCUT2D eigenvalue weighted by molar-refractivity contribution is 0.00752. The molecule has 1 aromatic carbocycles. The number of carbonyl (C=O) groups is 1. The maximum absolute atomic E-state index is 12.0. The van der Waals surface area contributed by atoms with Crippen molar-refractivity contribution in [1.29, 1.82) is 0 Å². The summed E-state index contributed by atoms with van der Waals surface area (Å²) in [7, 11) is 1.62. The molecule has 4 nitrogen and oxygen atoms in total. The summed E-state index contributed by atoms with van der Waals surface area (Å²) in [6.45, 7) is 5.53. The molecule has 0 saturated heterocycles. The number of methoxy groups -OCH3 is 1. The van der Waals surface area contributed by atoms with E-state index in [1.807, 2.05) is 45.0 Å². The molecule has 5 heteroatoms. The predicted molar refractivity (Wildman–Crippen MR) is 79.3 cm³/mol. The highest BCUT2D eigenvalue weighted by molar-refractivity contribution is 7.08. The molecule has 0 aliphatic rings. The molecule has 1 aromatic heterocycles. The van der Waals surface area contributed by atoms with Gasteiger partial charge in [0.15, 0.2) is 0 Å². The Kier molecular flexibility index (Phi) is 4.09. The first-order valence-electron chi connectivity index (χ1n) is 6.23. The van der Waals surface area contributed by atoms with Gasteiger partial charge in [0.25, 0.3) is 0 Å². The van der Waals surface area contributed by atoms with Crippen molar-refractivity contribution in [2.75, 3.05) is 7.11 Å². The molecule has 0 aliphatic carbocycles. The minimum Gasteiger partial charge on any atom is -0.497 e. The lowest BCUT2D eigenvalue weighted by Crippen LogP contribution is -2.23. The number of hydrogen-bond acceptors (Lipinski definition) is 5. The van der Waals surface area contributed by atoms with Crippen LogP contribution in [0.4, 0.5) is 0 Å². The van der Waals surface area contributed by atoms with Gasteiger partial charge in [0.2, 0.25) is 0 Å². The first kappa shape index (κ1) is 14.5. The molecular weight excluding hydrogens is 274 g/mol. The standard InChI is InChI=1S/C15H17NO3S/c1-15(2,3)19-14(17)13-9-12(16-20-13)10-6-5-7-11(8-10)18-4/h5-9H,1-4H3. The van der Waals surface area contributed by atoms with Gasteiger partial charge in [-0.25, -0.2) is 4.79 Å². The zero-order chi connectivity index (χ0) is 14.8. The highest BCUT2D eigenvalue weighted by Crippen LogP contribution is 2.26. The summed E-state index contributed by atoms with van der Waals surface area (Å²) in [6.07, 6.45) is 0. The second kappa shape index (κ2) is 5.63. The Morgan fingerprint density at radius 1 is 1.25 bits per heavy atom. The zero-order valence-corrected chi connectivity index (χ0v) is 12.8. The van der Waals surface area contributed by atoms with Crippen molar-refractivity contribution in [3.05, 3.63) is 35.2 Å². The van der Waals surface area contributed by atoms with Crippen molar-refractivity contribution < 1.29 is 14.3 Å². The fourth-order valence-electron chi connectivity index (χ4n) is 1.62. The maximum Gasteiger partial charge on any atom is 0.350 e. The molecule has 0 radical (unpaired) electrons. The van der Waals surface area contributed by atoms with Crippen LogP contribution in [0.15, 0.2) is 30.3 Å². The van der Waals surface area contributed by atoms with Gasteiger partial charge in [-0.1, -0.05) is 12.1 Å². The molecule has 20 heavy (non-hydrogen) atoms. The minimum absolute atomic E-state index is 0.343. The second-order valence-electron chi connectivity index (χ2n) is 5.31. The van der Waals surface area contributed by atoms with Crippen LogP contribution < -0.4 is 4.74 Å². The van der Waals surface area contributed by atoms with Gasteiger partial charge in [-0.2, -0.15) is 4.37 Å². The number of hydrogen-bond donors (Lipinski definition) is 0. The molecule has 0 unspecified atom stereocenters. The van der Waals surface area contributed by atoms with Crippen LogP contribution in [0.3, 0.4) is 0 Å². The summed E-state index contributed by atoms with van der Waals surface area (Å²) in [6, 6.07) is 9.31. The molecule has 0 fully saturated rings. The van der Waals surface area contributed by atoms with E-state index in [4.69, 9.17) is 9.47 Å². The predicted octanol–water partition coefficient (Wildman–Crippen LogP) is 3.77. The Morgan fingerprint density at radius 3 is 2.65 bits per heavy atom. The first-order valence-corrected chi connectivity index (χ1v) is 7.01. The Morgan fingerprint density at radius 2 is 2.00 bits per heavy atom. The molecular formula is C15H17NO3S. The van der Waals surface area contributed by atoms with Gasteiger partial charge in [0, 0.05) is 5.56 Å². The largest absolute Gasteiger partial charge is 0.497 e. The van der Waals surface area contributed by atoms with Gasteiger partial charge in [0.1, 0.15) is 16.2 Å². The summed E-state index contributed by atoms with van der Waals surface area (Å²) in [5.41, 5.74) is 1.15. The van der Waals surface area contributed by atoms with E-state index in [1.54, 1.807) is 13.2 Å². The minimum atomic E-state index is -0.503. The summed E-state index contributed by atoms with van der Waals surface area (Å²) in [5, 5.41) is 0. The average molecular weight is 291 g/mol. The molecule has 106 valence electrons. The van der Waals surface area contributed by atoms with E-state index in [9.17, 15) is 4.79 Å². The third-order valence-corrected chi connectivity index (χ3v) is 3.24. The monoisotopic (exact) mass is 291 g/mol. The number of ether oxygens (including phenoxy) is 2. The van der Waals surface area contributed by atoms with Crippen molar-refractivity contribution in [3.63, 3.8) is 0 Å². The molecule has 0 bridgehead atoms. The molecule has 0 saturated carbocycles. The highest BCUT2D eigenvalue weighted by atomic mass is 32.1. The van der Waals surface area contributed by atoms with E-state index in [0.29, 0.717) is 4.88 Å². The molecule has 0 spiro atoms. The molecule has 0 amide bonds. The van der Waals surface area contributed by atoms with Gasteiger partial charge >= 0.3 is 5.97 Å². The van der Waals surface area contributed by atoms with Crippen LogP contribution in [0, 0.1) is 0 Å². The SMILES string of the molecule is COc1cccc(-c2cc(C(=O)OC(C)(C)C)sn2)c1. The zero-order valence-electron chi connectivity index (χ0n) is 12.0. The molecule has 0 aliphatic heterocycles. The highest BCUT2D eigenvalue weighted by Gasteiger charge is 2.20. The third-order valence-electron chi connectivity index (χ3n) is 2.48. The van der Waals surface area contributed by atoms with E-state index in [1.165, 1.54) is 0 Å². The van der Waals surface area contributed by atoms with Crippen molar-refractivity contribution in [2.45, 2.75) is 26.4 Å². The lowest BCUT2D eigenvalue weighted by Gasteiger charge is -2.18. The smallest absolute Gasteiger partial charge is 0.350 e. The molecule has 0 N–H and O–H groups in total. The van der Waals surface area contributed by atoms with Gasteiger partial charge < -0.3 is 9.47 Å². The normalized spacial score (nSPS) is 11.2. The van der Waals surface area contributed by atoms with Crippen molar-refractivity contribution in [3.8, 4) is 17.0 Å². The summed E-state index contributed by atoms with van der Waals surface area (Å²) < 4.78 is 14.8. The number of esters is 1. The number of benzene rings is 1. The van der Waals surface area contributed by atoms with Crippen LogP contribution in [0.2, 0.25) is 0 Å². The van der Waals surface area contributed by atoms with Crippen molar-refractivity contribution in [1.82, 2.24) is 4.37 Å².